The number of hydrogen-bond donors (Lipinski definition) is 0. The van der Waals surface area contributed by atoms with Crippen LogP contribution in [0.1, 0.15) is 43.3 Å². The number of carbonyl (C=O) groups excluding carboxylic acids is 1. The molecule has 0 atom stereocenters. The van der Waals surface area contributed by atoms with Gasteiger partial charge in [-0.05, 0) is 25.0 Å². The van der Waals surface area contributed by atoms with E-state index >= 15 is 0 Å². The number of nitrogens with zero attached hydrogens (tertiary/aromatic N) is 3. The van der Waals surface area contributed by atoms with Gasteiger partial charge in [-0.15, -0.1) is 0 Å². The Labute approximate surface area is 111 Å². The van der Waals surface area contributed by atoms with Crippen molar-refractivity contribution < 1.29 is 4.79 Å². The molecule has 0 saturated heterocycles. The van der Waals surface area contributed by atoms with Crippen LogP contribution in [0, 0.1) is 0 Å². The van der Waals surface area contributed by atoms with Gasteiger partial charge in [0.15, 0.2) is 0 Å². The second-order valence-electron chi connectivity index (χ2n) is 5.50. The molecule has 0 radical (unpaired) electrons. The van der Waals surface area contributed by atoms with Gasteiger partial charge in [0.2, 0.25) is 0 Å². The van der Waals surface area contributed by atoms with Gasteiger partial charge in [0.1, 0.15) is 5.78 Å². The number of pyridine rings is 1. The summed E-state index contributed by atoms with van der Waals surface area (Å²) in [6, 6.07) is 6.22. The first-order valence-corrected chi connectivity index (χ1v) is 6.83. The predicted octanol–water partition coefficient (Wildman–Crippen LogP) is 2.73. The molecule has 2 aliphatic carbocycles. The minimum atomic E-state index is 0.266. The van der Waals surface area contributed by atoms with Gasteiger partial charge in [-0.25, -0.2) is 0 Å². The standard InChI is InChI=1S/C15H15N3O/c19-12-7-11(8-12)18-9-13(14-3-1-2-6-16-14)15(17-18)10-4-5-10/h1-3,6,9-11H,4-5,7-8H2. The molecule has 2 fully saturated rings. The van der Waals surface area contributed by atoms with E-state index in [-0.39, 0.29) is 6.04 Å². The molecule has 19 heavy (non-hydrogen) atoms. The van der Waals surface area contributed by atoms with Crippen molar-refractivity contribution in [1.29, 1.82) is 0 Å². The first-order chi connectivity index (χ1) is 9.31. The molecule has 2 aliphatic rings. The molecule has 4 heteroatoms. The third-order valence-electron chi connectivity index (χ3n) is 3.97. The summed E-state index contributed by atoms with van der Waals surface area (Å²) in [4.78, 5) is 15.6. The molecule has 0 spiro atoms. The van der Waals surface area contributed by atoms with Crippen LogP contribution in [0.3, 0.4) is 0 Å². The van der Waals surface area contributed by atoms with Gasteiger partial charge in [0.05, 0.1) is 17.4 Å². The maximum Gasteiger partial charge on any atom is 0.137 e. The Hall–Kier alpha value is -1.97. The second kappa shape index (κ2) is 4.02. The molecule has 2 aromatic rings. The van der Waals surface area contributed by atoms with Crippen LogP contribution in [0.25, 0.3) is 11.3 Å². The first kappa shape index (κ1) is 10.9. The fourth-order valence-corrected chi connectivity index (χ4v) is 2.62. The molecule has 0 bridgehead atoms. The Balaban J connectivity index is 1.74. The van der Waals surface area contributed by atoms with Gasteiger partial charge in [-0.2, -0.15) is 5.10 Å². The highest BCUT2D eigenvalue weighted by atomic mass is 16.1. The van der Waals surface area contributed by atoms with Crippen LogP contribution in [0.15, 0.2) is 30.6 Å². The Bertz CT molecular complexity index is 620. The lowest BCUT2D eigenvalue weighted by Gasteiger charge is -2.24. The highest BCUT2D eigenvalue weighted by Crippen LogP contribution is 2.44. The third kappa shape index (κ3) is 1.87. The molecule has 4 nitrogen and oxygen atoms in total. The summed E-state index contributed by atoms with van der Waals surface area (Å²) in [5.41, 5.74) is 3.29. The second-order valence-corrected chi connectivity index (χ2v) is 5.50. The van der Waals surface area contributed by atoms with Crippen LogP contribution >= 0.6 is 0 Å². The number of hydrogen-bond acceptors (Lipinski definition) is 3. The first-order valence-electron chi connectivity index (χ1n) is 6.83. The molecule has 0 aromatic carbocycles. The van der Waals surface area contributed by atoms with Crippen molar-refractivity contribution in [2.45, 2.75) is 37.6 Å². The van der Waals surface area contributed by atoms with E-state index in [9.17, 15) is 4.79 Å². The summed E-state index contributed by atoms with van der Waals surface area (Å²) >= 11 is 0. The molecule has 4 rings (SSSR count). The van der Waals surface area contributed by atoms with E-state index < -0.39 is 0 Å². The van der Waals surface area contributed by atoms with Crippen LogP contribution < -0.4 is 0 Å². The van der Waals surface area contributed by atoms with E-state index in [1.54, 1.807) is 0 Å². The largest absolute Gasteiger partial charge is 0.300 e. The molecule has 2 aromatic heterocycles. The van der Waals surface area contributed by atoms with Gasteiger partial charge in [-0.3, -0.25) is 14.5 Å². The Morgan fingerprint density at radius 1 is 1.21 bits per heavy atom. The fraction of sp³-hybridized carbons (Fsp3) is 0.400. The average Bonchev–Trinajstić information content (AvgIpc) is 3.16. The quantitative estimate of drug-likeness (QED) is 0.845. The van der Waals surface area contributed by atoms with Gasteiger partial charge < -0.3 is 0 Å². The molecular weight excluding hydrogens is 238 g/mol. The summed E-state index contributed by atoms with van der Waals surface area (Å²) in [5.74, 6) is 0.932. The zero-order valence-electron chi connectivity index (χ0n) is 10.6. The SMILES string of the molecule is O=C1CC(n2cc(-c3ccccn3)c(C3CC3)n2)C1. The molecule has 0 N–H and O–H groups in total. The molecule has 0 amide bonds. The van der Waals surface area contributed by atoms with Crippen LogP contribution in [-0.2, 0) is 4.79 Å². The lowest BCUT2D eigenvalue weighted by Crippen LogP contribution is -2.26. The Morgan fingerprint density at radius 2 is 2.05 bits per heavy atom. The van der Waals surface area contributed by atoms with Gasteiger partial charge in [-0.1, -0.05) is 6.07 Å². The van der Waals surface area contributed by atoms with Crippen LogP contribution in [0.2, 0.25) is 0 Å². The summed E-state index contributed by atoms with van der Waals surface area (Å²) in [6.07, 6.45) is 7.60. The van der Waals surface area contributed by atoms with E-state index in [4.69, 9.17) is 5.10 Å². The molecular formula is C15H15N3O. The molecule has 0 unspecified atom stereocenters. The monoisotopic (exact) mass is 253 g/mol. The lowest BCUT2D eigenvalue weighted by molar-refractivity contribution is -0.126. The Kier molecular flexibility index (Phi) is 2.31. The van der Waals surface area contributed by atoms with Crippen molar-refractivity contribution in [3.8, 4) is 11.3 Å². The van der Waals surface area contributed by atoms with E-state index in [2.05, 4.69) is 11.2 Å². The van der Waals surface area contributed by atoms with Crippen molar-refractivity contribution >= 4 is 5.78 Å². The number of rotatable bonds is 3. The minimum absolute atomic E-state index is 0.266. The molecule has 2 saturated carbocycles. The summed E-state index contributed by atoms with van der Waals surface area (Å²) in [5, 5.41) is 4.73. The smallest absolute Gasteiger partial charge is 0.137 e. The zero-order valence-corrected chi connectivity index (χ0v) is 10.6. The van der Waals surface area contributed by atoms with E-state index in [0.29, 0.717) is 24.5 Å². The van der Waals surface area contributed by atoms with Crippen molar-refractivity contribution in [3.63, 3.8) is 0 Å². The average molecular weight is 253 g/mol. The highest BCUT2D eigenvalue weighted by Gasteiger charge is 2.34. The van der Waals surface area contributed by atoms with E-state index in [1.807, 2.05) is 29.1 Å². The van der Waals surface area contributed by atoms with Crippen LogP contribution in [0.4, 0.5) is 0 Å². The Morgan fingerprint density at radius 3 is 2.68 bits per heavy atom. The predicted molar refractivity (Wildman–Crippen MR) is 70.7 cm³/mol. The summed E-state index contributed by atoms with van der Waals surface area (Å²) in [7, 11) is 0. The normalized spacial score (nSPS) is 19.5. The maximum absolute atomic E-state index is 11.1. The van der Waals surface area contributed by atoms with Crippen molar-refractivity contribution in [3.05, 3.63) is 36.3 Å². The van der Waals surface area contributed by atoms with Gasteiger partial charge in [0, 0.05) is 36.7 Å². The van der Waals surface area contributed by atoms with E-state index in [0.717, 1.165) is 17.0 Å². The number of aromatic nitrogens is 3. The van der Waals surface area contributed by atoms with Gasteiger partial charge >= 0.3 is 0 Å². The number of ketones is 1. The summed E-state index contributed by atoms with van der Waals surface area (Å²) in [6.45, 7) is 0. The van der Waals surface area contributed by atoms with Crippen molar-refractivity contribution in [1.82, 2.24) is 14.8 Å². The van der Waals surface area contributed by atoms with E-state index in [1.165, 1.54) is 12.8 Å². The topological polar surface area (TPSA) is 47.8 Å². The van der Waals surface area contributed by atoms with Crippen molar-refractivity contribution in [2.24, 2.45) is 0 Å². The third-order valence-corrected chi connectivity index (χ3v) is 3.97. The summed E-state index contributed by atoms with van der Waals surface area (Å²) < 4.78 is 1.99. The molecule has 96 valence electrons. The molecule has 2 heterocycles. The number of carbonyl (C=O) groups is 1. The van der Waals surface area contributed by atoms with Gasteiger partial charge in [0.25, 0.3) is 0 Å². The van der Waals surface area contributed by atoms with Crippen LogP contribution in [-0.4, -0.2) is 20.5 Å². The maximum atomic E-state index is 11.1. The fourth-order valence-electron chi connectivity index (χ4n) is 2.62. The molecule has 0 aliphatic heterocycles. The highest BCUT2D eigenvalue weighted by molar-refractivity contribution is 5.85. The van der Waals surface area contributed by atoms with Crippen molar-refractivity contribution in [2.75, 3.05) is 0 Å². The minimum Gasteiger partial charge on any atom is -0.300 e. The zero-order chi connectivity index (χ0) is 12.8. The van der Waals surface area contributed by atoms with Crippen LogP contribution in [0.5, 0.6) is 0 Å². The lowest BCUT2D eigenvalue weighted by atomic mass is 9.92. The number of Topliss-reactive ketones (excluding diaryl/α,β-unsaturated/α-hetero) is 1.